The summed E-state index contributed by atoms with van der Waals surface area (Å²) in [5.41, 5.74) is 4.69. The van der Waals surface area contributed by atoms with Crippen LogP contribution in [0.15, 0.2) is 59.6 Å². The lowest BCUT2D eigenvalue weighted by Gasteiger charge is -2.13. The van der Waals surface area contributed by atoms with E-state index >= 15 is 0 Å². The van der Waals surface area contributed by atoms with Crippen molar-refractivity contribution in [3.05, 3.63) is 60.4 Å². The molecule has 0 saturated carbocycles. The van der Waals surface area contributed by atoms with Crippen molar-refractivity contribution in [3.63, 3.8) is 0 Å². The molecule has 0 unspecified atom stereocenters. The van der Waals surface area contributed by atoms with E-state index in [0.29, 0.717) is 10.4 Å². The van der Waals surface area contributed by atoms with Gasteiger partial charge in [-0.05, 0) is 42.5 Å². The quantitative estimate of drug-likeness (QED) is 0.600. The molecule has 1 aromatic heterocycles. The van der Waals surface area contributed by atoms with Gasteiger partial charge in [-0.15, -0.1) is 0 Å². The molecule has 0 atom stereocenters. The summed E-state index contributed by atoms with van der Waals surface area (Å²) in [6.45, 7) is 0. The topological polar surface area (TPSA) is 116 Å². The first-order chi connectivity index (χ1) is 13.9. The predicted octanol–water partition coefficient (Wildman–Crippen LogP) is 3.49. The summed E-state index contributed by atoms with van der Waals surface area (Å²) in [4.78, 5) is 12.0. The minimum atomic E-state index is -4.89. The molecule has 30 heavy (non-hydrogen) atoms. The SMILES string of the molecule is CS(=O)(=O)c1cccc(NC(=O)Oc2cnn(-c3ccc(N)cc3)c2C(F)(F)F)c1. The number of nitrogens with one attached hydrogen (secondary N) is 1. The average Bonchev–Trinajstić information content (AvgIpc) is 3.05. The minimum Gasteiger partial charge on any atom is -0.406 e. The third-order valence-electron chi connectivity index (χ3n) is 3.85. The Hall–Kier alpha value is -3.54. The van der Waals surface area contributed by atoms with E-state index in [1.165, 1.54) is 42.5 Å². The first-order valence-corrected chi connectivity index (χ1v) is 10.1. The standard InChI is InChI=1S/C18H15F3N4O4S/c1-30(27,28)14-4-2-3-12(9-14)24-17(26)29-15-10-23-25(16(15)18(19,20)21)13-7-5-11(22)6-8-13/h2-10H,22H2,1H3,(H,24,26). The second-order valence-corrected chi connectivity index (χ2v) is 8.19. The summed E-state index contributed by atoms with van der Waals surface area (Å²) in [7, 11) is -3.54. The number of carbonyl (C=O) groups is 1. The fourth-order valence-corrected chi connectivity index (χ4v) is 3.19. The summed E-state index contributed by atoms with van der Waals surface area (Å²) in [5, 5.41) is 5.85. The first kappa shape index (κ1) is 21.2. The number of carbonyl (C=O) groups excluding carboxylic acids is 1. The smallest absolute Gasteiger partial charge is 0.406 e. The zero-order chi connectivity index (χ0) is 22.1. The Kier molecular flexibility index (Phi) is 5.44. The van der Waals surface area contributed by atoms with Crippen LogP contribution in [-0.4, -0.2) is 30.5 Å². The lowest BCUT2D eigenvalue weighted by atomic mass is 10.3. The number of nitrogen functional groups attached to an aromatic ring is 1. The number of ether oxygens (including phenoxy) is 1. The van der Waals surface area contributed by atoms with Gasteiger partial charge >= 0.3 is 12.3 Å². The van der Waals surface area contributed by atoms with Crippen LogP contribution in [0, 0.1) is 0 Å². The molecular formula is C18H15F3N4O4S. The Morgan fingerprint density at radius 3 is 2.43 bits per heavy atom. The van der Waals surface area contributed by atoms with Gasteiger partial charge in [0, 0.05) is 17.6 Å². The van der Waals surface area contributed by atoms with Gasteiger partial charge < -0.3 is 10.5 Å². The van der Waals surface area contributed by atoms with Gasteiger partial charge in [-0.25, -0.2) is 17.9 Å². The Labute approximate surface area is 169 Å². The number of anilines is 2. The highest BCUT2D eigenvalue weighted by atomic mass is 32.2. The molecule has 8 nitrogen and oxygen atoms in total. The van der Waals surface area contributed by atoms with Crippen LogP contribution in [0.4, 0.5) is 29.3 Å². The number of benzene rings is 2. The van der Waals surface area contributed by atoms with Crippen molar-refractivity contribution in [2.75, 3.05) is 17.3 Å². The van der Waals surface area contributed by atoms with Crippen LogP contribution in [0.25, 0.3) is 5.69 Å². The van der Waals surface area contributed by atoms with Crippen LogP contribution in [0.5, 0.6) is 5.75 Å². The van der Waals surface area contributed by atoms with Crippen molar-refractivity contribution in [1.29, 1.82) is 0 Å². The molecule has 0 aliphatic heterocycles. The number of hydrogen-bond acceptors (Lipinski definition) is 6. The molecule has 0 saturated heterocycles. The molecule has 3 aromatic rings. The normalized spacial score (nSPS) is 11.9. The van der Waals surface area contributed by atoms with Gasteiger partial charge in [0.25, 0.3) is 0 Å². The molecule has 12 heteroatoms. The van der Waals surface area contributed by atoms with E-state index in [9.17, 15) is 26.4 Å². The predicted molar refractivity (Wildman–Crippen MR) is 102 cm³/mol. The zero-order valence-corrected chi connectivity index (χ0v) is 16.2. The molecule has 3 rings (SSSR count). The van der Waals surface area contributed by atoms with E-state index in [1.54, 1.807) is 0 Å². The van der Waals surface area contributed by atoms with Crippen LogP contribution < -0.4 is 15.8 Å². The van der Waals surface area contributed by atoms with E-state index in [-0.39, 0.29) is 16.3 Å². The van der Waals surface area contributed by atoms with E-state index in [4.69, 9.17) is 10.5 Å². The fraction of sp³-hybridized carbons (Fsp3) is 0.111. The lowest BCUT2D eigenvalue weighted by molar-refractivity contribution is -0.143. The van der Waals surface area contributed by atoms with E-state index in [0.717, 1.165) is 18.5 Å². The minimum absolute atomic E-state index is 0.0300. The van der Waals surface area contributed by atoms with Crippen LogP contribution in [-0.2, 0) is 16.0 Å². The average molecular weight is 440 g/mol. The second kappa shape index (κ2) is 7.71. The van der Waals surface area contributed by atoms with Gasteiger partial charge in [-0.3, -0.25) is 5.32 Å². The summed E-state index contributed by atoms with van der Waals surface area (Å²) < 4.78 is 69.4. The monoisotopic (exact) mass is 440 g/mol. The molecule has 0 radical (unpaired) electrons. The molecular weight excluding hydrogens is 425 g/mol. The highest BCUT2D eigenvalue weighted by Crippen LogP contribution is 2.37. The third kappa shape index (κ3) is 4.71. The number of aromatic nitrogens is 2. The molecule has 3 N–H and O–H groups in total. The summed E-state index contributed by atoms with van der Waals surface area (Å²) in [5.74, 6) is -0.823. The maximum atomic E-state index is 13.6. The molecule has 0 aliphatic carbocycles. The molecule has 0 fully saturated rings. The first-order valence-electron chi connectivity index (χ1n) is 8.25. The van der Waals surface area contributed by atoms with Gasteiger partial charge in [0.2, 0.25) is 0 Å². The van der Waals surface area contributed by atoms with E-state index in [2.05, 4.69) is 10.4 Å². The Bertz CT molecular complexity index is 1190. The number of nitrogens with two attached hydrogens (primary N) is 1. The molecule has 1 amide bonds. The summed E-state index contributed by atoms with van der Waals surface area (Å²) >= 11 is 0. The number of sulfone groups is 1. The van der Waals surface area contributed by atoms with E-state index < -0.39 is 33.6 Å². The van der Waals surface area contributed by atoms with Gasteiger partial charge in [0.1, 0.15) is 0 Å². The molecule has 0 bridgehead atoms. The molecule has 0 spiro atoms. The highest BCUT2D eigenvalue weighted by Gasteiger charge is 2.40. The Balaban J connectivity index is 1.88. The van der Waals surface area contributed by atoms with Crippen molar-refractivity contribution >= 4 is 27.3 Å². The van der Waals surface area contributed by atoms with Crippen LogP contribution >= 0.6 is 0 Å². The molecule has 2 aromatic carbocycles. The molecule has 1 heterocycles. The summed E-state index contributed by atoms with van der Waals surface area (Å²) in [6.07, 6.45) is -4.40. The third-order valence-corrected chi connectivity index (χ3v) is 4.96. The van der Waals surface area contributed by atoms with E-state index in [1.807, 2.05) is 0 Å². The largest absolute Gasteiger partial charge is 0.437 e. The van der Waals surface area contributed by atoms with Crippen LogP contribution in [0.2, 0.25) is 0 Å². The molecule has 0 aliphatic rings. The number of rotatable bonds is 4. The molecule has 158 valence electrons. The number of amides is 1. The van der Waals surface area contributed by atoms with Crippen molar-refractivity contribution < 1.29 is 31.1 Å². The van der Waals surface area contributed by atoms with Crippen molar-refractivity contribution in [2.24, 2.45) is 0 Å². The van der Waals surface area contributed by atoms with Gasteiger partial charge in [-0.2, -0.15) is 18.3 Å². The van der Waals surface area contributed by atoms with Crippen molar-refractivity contribution in [3.8, 4) is 11.4 Å². The van der Waals surface area contributed by atoms with Crippen molar-refractivity contribution in [1.82, 2.24) is 9.78 Å². The second-order valence-electron chi connectivity index (χ2n) is 6.17. The van der Waals surface area contributed by atoms with Gasteiger partial charge in [0.15, 0.2) is 21.3 Å². The van der Waals surface area contributed by atoms with Gasteiger partial charge in [-0.1, -0.05) is 6.07 Å². The number of halogens is 3. The highest BCUT2D eigenvalue weighted by molar-refractivity contribution is 7.90. The fourth-order valence-electron chi connectivity index (χ4n) is 2.53. The maximum Gasteiger partial charge on any atom is 0.437 e. The zero-order valence-electron chi connectivity index (χ0n) is 15.3. The number of hydrogen-bond donors (Lipinski definition) is 2. The number of nitrogens with zero attached hydrogens (tertiary/aromatic N) is 2. The van der Waals surface area contributed by atoms with Gasteiger partial charge in [0.05, 0.1) is 16.8 Å². The Morgan fingerprint density at radius 1 is 1.17 bits per heavy atom. The number of alkyl halides is 3. The van der Waals surface area contributed by atoms with Crippen molar-refractivity contribution in [2.45, 2.75) is 11.1 Å². The van der Waals surface area contributed by atoms with Crippen LogP contribution in [0.1, 0.15) is 5.69 Å². The Morgan fingerprint density at radius 2 is 1.83 bits per heavy atom. The summed E-state index contributed by atoms with van der Waals surface area (Å²) in [6, 6.07) is 10.7. The maximum absolute atomic E-state index is 13.6. The van der Waals surface area contributed by atoms with Crippen LogP contribution in [0.3, 0.4) is 0 Å². The lowest BCUT2D eigenvalue weighted by Crippen LogP contribution is -2.20.